The molecule has 0 aliphatic carbocycles. The molecule has 2 aliphatic heterocycles. The molecular weight excluding hydrogens is 325 g/mol. The van der Waals surface area contributed by atoms with Crippen LogP contribution in [-0.4, -0.2) is 73.4 Å². The molecule has 2 atom stereocenters. The minimum atomic E-state index is -5.02. The summed E-state index contributed by atoms with van der Waals surface area (Å²) >= 11 is 0. The third-order valence-corrected chi connectivity index (χ3v) is 5.90. The highest BCUT2D eigenvalue weighted by Gasteiger charge is 2.48. The summed E-state index contributed by atoms with van der Waals surface area (Å²) < 4.78 is 60.5. The number of sulfone groups is 1. The van der Waals surface area contributed by atoms with E-state index < -0.39 is 39.9 Å². The van der Waals surface area contributed by atoms with E-state index in [-0.39, 0.29) is 30.9 Å². The molecule has 2 amide bonds. The Balaban J connectivity index is 2.10. The fourth-order valence-electron chi connectivity index (χ4n) is 2.93. The molecule has 0 spiro atoms. The van der Waals surface area contributed by atoms with E-state index in [4.69, 9.17) is 0 Å². The average molecular weight is 342 g/mol. The Morgan fingerprint density at radius 1 is 1.23 bits per heavy atom. The Kier molecular flexibility index (Phi) is 4.42. The quantitative estimate of drug-likeness (QED) is 0.718. The first-order chi connectivity index (χ1) is 10.0. The fourth-order valence-corrected chi connectivity index (χ4v) is 4.70. The van der Waals surface area contributed by atoms with Crippen LogP contribution in [0.5, 0.6) is 0 Å². The zero-order valence-corrected chi connectivity index (χ0v) is 12.8. The van der Waals surface area contributed by atoms with Gasteiger partial charge in [0.15, 0.2) is 9.84 Å². The van der Waals surface area contributed by atoms with Crippen LogP contribution in [0.4, 0.5) is 13.2 Å². The maximum atomic E-state index is 12.5. The molecule has 2 unspecified atom stereocenters. The zero-order chi connectivity index (χ0) is 16.7. The van der Waals surface area contributed by atoms with Crippen LogP contribution in [-0.2, 0) is 19.4 Å². The van der Waals surface area contributed by atoms with Crippen LogP contribution in [0.25, 0.3) is 0 Å². The van der Waals surface area contributed by atoms with Gasteiger partial charge in [0, 0.05) is 19.6 Å². The number of carbonyl (C=O) groups is 2. The zero-order valence-electron chi connectivity index (χ0n) is 12.0. The van der Waals surface area contributed by atoms with Gasteiger partial charge in [-0.1, -0.05) is 0 Å². The Hall–Kier alpha value is -1.32. The number of nitrogens with zero attached hydrogens (tertiary/aromatic N) is 2. The second kappa shape index (κ2) is 5.71. The number of halogens is 3. The topological polar surface area (TPSA) is 74.8 Å². The first-order valence-electron chi connectivity index (χ1n) is 6.88. The summed E-state index contributed by atoms with van der Waals surface area (Å²) in [7, 11) is -1.83. The van der Waals surface area contributed by atoms with E-state index in [0.717, 1.165) is 0 Å². The van der Waals surface area contributed by atoms with Gasteiger partial charge in [0.2, 0.25) is 5.91 Å². The van der Waals surface area contributed by atoms with Crippen LogP contribution >= 0.6 is 0 Å². The third kappa shape index (κ3) is 3.36. The molecule has 2 rings (SSSR count). The smallest absolute Gasteiger partial charge is 0.340 e. The summed E-state index contributed by atoms with van der Waals surface area (Å²) in [5.74, 6) is -2.87. The van der Waals surface area contributed by atoms with E-state index in [9.17, 15) is 31.2 Å². The van der Waals surface area contributed by atoms with Crippen molar-refractivity contribution in [2.75, 3.05) is 25.1 Å². The van der Waals surface area contributed by atoms with Crippen LogP contribution in [0.15, 0.2) is 0 Å². The first kappa shape index (κ1) is 17.0. The average Bonchev–Trinajstić information content (AvgIpc) is 3.01. The maximum absolute atomic E-state index is 12.5. The van der Waals surface area contributed by atoms with Crippen molar-refractivity contribution in [3.05, 3.63) is 0 Å². The predicted octanol–water partition coefficient (Wildman–Crippen LogP) is 0.185. The van der Waals surface area contributed by atoms with Crippen LogP contribution < -0.4 is 0 Å². The molecule has 0 radical (unpaired) electrons. The first-order valence-corrected chi connectivity index (χ1v) is 8.70. The lowest BCUT2D eigenvalue weighted by molar-refractivity contribution is -0.187. The summed E-state index contributed by atoms with van der Waals surface area (Å²) in [6.45, 7) is -0.119. The third-order valence-electron chi connectivity index (χ3n) is 4.14. The van der Waals surface area contributed by atoms with Gasteiger partial charge in [-0.2, -0.15) is 13.2 Å². The summed E-state index contributed by atoms with van der Waals surface area (Å²) in [5.41, 5.74) is 0. The molecule has 0 aromatic carbocycles. The minimum Gasteiger partial charge on any atom is -0.340 e. The minimum absolute atomic E-state index is 0.0366. The second-order valence-corrected chi connectivity index (χ2v) is 7.89. The SMILES string of the molecule is CN(C(=O)C1CCCN1C(=O)C(F)(F)F)C1CCS(=O)(=O)C1. The number of carbonyl (C=O) groups excluding carboxylic acids is 2. The number of alkyl halides is 3. The Labute approximate surface area is 126 Å². The van der Waals surface area contributed by atoms with Gasteiger partial charge in [-0.3, -0.25) is 9.59 Å². The molecule has 0 saturated carbocycles. The van der Waals surface area contributed by atoms with E-state index in [1.165, 1.54) is 11.9 Å². The Bertz CT molecular complexity index is 575. The highest BCUT2D eigenvalue weighted by atomic mass is 32.2. The summed E-state index contributed by atoms with van der Waals surface area (Å²) in [6, 6.07) is -1.71. The number of hydrogen-bond donors (Lipinski definition) is 0. The van der Waals surface area contributed by atoms with E-state index >= 15 is 0 Å². The Morgan fingerprint density at radius 2 is 1.86 bits per heavy atom. The van der Waals surface area contributed by atoms with Crippen molar-refractivity contribution in [1.82, 2.24) is 9.80 Å². The monoisotopic (exact) mass is 342 g/mol. The van der Waals surface area contributed by atoms with Crippen LogP contribution in [0.1, 0.15) is 19.3 Å². The summed E-state index contributed by atoms with van der Waals surface area (Å²) in [4.78, 5) is 25.4. The molecule has 2 saturated heterocycles. The molecule has 2 heterocycles. The highest BCUT2D eigenvalue weighted by Crippen LogP contribution is 2.27. The second-order valence-electron chi connectivity index (χ2n) is 5.66. The van der Waals surface area contributed by atoms with Crippen LogP contribution in [0.2, 0.25) is 0 Å². The molecule has 0 bridgehead atoms. The van der Waals surface area contributed by atoms with Gasteiger partial charge in [-0.15, -0.1) is 0 Å². The van der Waals surface area contributed by atoms with E-state index in [2.05, 4.69) is 0 Å². The molecule has 6 nitrogen and oxygen atoms in total. The molecule has 2 fully saturated rings. The molecule has 10 heteroatoms. The summed E-state index contributed by atoms with van der Waals surface area (Å²) in [6.07, 6.45) is -4.28. The van der Waals surface area contributed by atoms with Crippen molar-refractivity contribution in [2.24, 2.45) is 0 Å². The van der Waals surface area contributed by atoms with Gasteiger partial charge in [0.25, 0.3) is 0 Å². The van der Waals surface area contributed by atoms with E-state index in [1.807, 2.05) is 0 Å². The van der Waals surface area contributed by atoms with Gasteiger partial charge in [0.1, 0.15) is 6.04 Å². The van der Waals surface area contributed by atoms with E-state index in [1.54, 1.807) is 0 Å². The lowest BCUT2D eigenvalue weighted by Crippen LogP contribution is -2.52. The Morgan fingerprint density at radius 3 is 2.36 bits per heavy atom. The molecule has 22 heavy (non-hydrogen) atoms. The highest BCUT2D eigenvalue weighted by molar-refractivity contribution is 7.91. The van der Waals surface area contributed by atoms with Crippen LogP contribution in [0, 0.1) is 0 Å². The van der Waals surface area contributed by atoms with Crippen molar-refractivity contribution in [3.8, 4) is 0 Å². The van der Waals surface area contributed by atoms with Gasteiger partial charge in [-0.25, -0.2) is 8.42 Å². The number of amides is 2. The molecule has 0 aromatic heterocycles. The number of rotatable bonds is 2. The fraction of sp³-hybridized carbons (Fsp3) is 0.833. The molecular formula is C12H17F3N2O4S. The maximum Gasteiger partial charge on any atom is 0.471 e. The van der Waals surface area contributed by atoms with Gasteiger partial charge in [0.05, 0.1) is 11.5 Å². The lowest BCUT2D eigenvalue weighted by atomic mass is 10.1. The van der Waals surface area contributed by atoms with Gasteiger partial charge < -0.3 is 9.80 Å². The normalized spacial score (nSPS) is 27.9. The molecule has 126 valence electrons. The summed E-state index contributed by atoms with van der Waals surface area (Å²) in [5, 5.41) is 0. The number of hydrogen-bond acceptors (Lipinski definition) is 4. The van der Waals surface area contributed by atoms with E-state index in [0.29, 0.717) is 11.3 Å². The largest absolute Gasteiger partial charge is 0.471 e. The predicted molar refractivity (Wildman–Crippen MR) is 70.6 cm³/mol. The number of likely N-dealkylation sites (N-methyl/N-ethyl adjacent to an activating group) is 1. The van der Waals surface area contributed by atoms with Crippen molar-refractivity contribution < 1.29 is 31.2 Å². The van der Waals surface area contributed by atoms with Gasteiger partial charge in [-0.05, 0) is 19.3 Å². The number of likely N-dealkylation sites (tertiary alicyclic amines) is 1. The van der Waals surface area contributed by atoms with Crippen molar-refractivity contribution in [2.45, 2.75) is 37.5 Å². The van der Waals surface area contributed by atoms with Crippen molar-refractivity contribution in [1.29, 1.82) is 0 Å². The van der Waals surface area contributed by atoms with Crippen molar-refractivity contribution in [3.63, 3.8) is 0 Å². The molecule has 0 N–H and O–H groups in total. The molecule has 2 aliphatic rings. The van der Waals surface area contributed by atoms with Gasteiger partial charge >= 0.3 is 12.1 Å². The van der Waals surface area contributed by atoms with Crippen molar-refractivity contribution >= 4 is 21.7 Å². The standard InChI is InChI=1S/C12H17F3N2O4S/c1-16(8-4-6-22(20,21)7-8)10(18)9-3-2-5-17(9)11(19)12(13,14)15/h8-9H,2-7H2,1H3. The van der Waals surface area contributed by atoms with Crippen LogP contribution in [0.3, 0.4) is 0 Å². The molecule has 0 aromatic rings. The lowest BCUT2D eigenvalue weighted by Gasteiger charge is -2.31.